The summed E-state index contributed by atoms with van der Waals surface area (Å²) in [6.07, 6.45) is 3.87. The molecule has 0 aliphatic carbocycles. The van der Waals surface area contributed by atoms with Gasteiger partial charge in [-0.25, -0.2) is 4.79 Å². The Hall–Kier alpha value is -1.06. The first-order valence-electron chi connectivity index (χ1n) is 6.23. The molecule has 0 spiro atoms. The number of aldehydes is 1. The number of carbonyl (C=O) groups is 2. The lowest BCUT2D eigenvalue weighted by molar-refractivity contribution is -0.110. The van der Waals surface area contributed by atoms with Crippen molar-refractivity contribution in [1.82, 2.24) is 4.90 Å². The molecule has 0 saturated carbocycles. The van der Waals surface area contributed by atoms with E-state index in [1.165, 1.54) is 0 Å². The number of hydrogen-bond acceptors (Lipinski definition) is 3. The van der Waals surface area contributed by atoms with E-state index in [0.717, 1.165) is 25.5 Å². The zero-order chi connectivity index (χ0) is 13.1. The Kier molecular flexibility index (Phi) is 4.17. The second-order valence-corrected chi connectivity index (χ2v) is 5.96. The van der Waals surface area contributed by atoms with Gasteiger partial charge in [0.25, 0.3) is 0 Å². The van der Waals surface area contributed by atoms with Crippen LogP contribution in [0.1, 0.15) is 53.4 Å². The third kappa shape index (κ3) is 3.72. The quantitative estimate of drug-likeness (QED) is 0.698. The second kappa shape index (κ2) is 5.07. The molecule has 0 N–H and O–H groups in total. The van der Waals surface area contributed by atoms with Crippen molar-refractivity contribution in [3.63, 3.8) is 0 Å². The Morgan fingerprint density at radius 1 is 1.41 bits per heavy atom. The minimum atomic E-state index is -0.489. The number of likely N-dealkylation sites (tertiary alicyclic amines) is 1. The topological polar surface area (TPSA) is 46.6 Å². The molecule has 1 aliphatic heterocycles. The van der Waals surface area contributed by atoms with Crippen molar-refractivity contribution in [2.24, 2.45) is 0 Å². The smallest absolute Gasteiger partial charge is 0.410 e. The summed E-state index contributed by atoms with van der Waals surface area (Å²) < 4.78 is 5.39. The molecule has 0 aromatic rings. The van der Waals surface area contributed by atoms with Crippen LogP contribution in [0.15, 0.2) is 0 Å². The first kappa shape index (κ1) is 14.0. The first-order valence-corrected chi connectivity index (χ1v) is 6.23. The summed E-state index contributed by atoms with van der Waals surface area (Å²) in [5, 5.41) is 0. The van der Waals surface area contributed by atoms with Crippen LogP contribution in [0.2, 0.25) is 0 Å². The number of hydrogen-bond donors (Lipinski definition) is 0. The number of nitrogens with zero attached hydrogens (tertiary/aromatic N) is 1. The van der Waals surface area contributed by atoms with E-state index in [4.69, 9.17) is 4.74 Å². The maximum absolute atomic E-state index is 12.1. The van der Waals surface area contributed by atoms with Crippen molar-refractivity contribution in [2.45, 2.75) is 64.5 Å². The number of amides is 1. The predicted molar refractivity (Wildman–Crippen MR) is 65.9 cm³/mol. The molecule has 98 valence electrons. The lowest BCUT2D eigenvalue weighted by Gasteiger charge is -2.44. The van der Waals surface area contributed by atoms with Crippen molar-refractivity contribution in [3.05, 3.63) is 0 Å². The van der Waals surface area contributed by atoms with E-state index in [0.29, 0.717) is 13.0 Å². The highest BCUT2D eigenvalue weighted by Crippen LogP contribution is 2.31. The molecule has 1 atom stereocenters. The molecule has 0 bridgehead atoms. The van der Waals surface area contributed by atoms with E-state index >= 15 is 0 Å². The largest absolute Gasteiger partial charge is 0.444 e. The van der Waals surface area contributed by atoms with E-state index in [1.54, 1.807) is 4.90 Å². The van der Waals surface area contributed by atoms with Gasteiger partial charge in [0.1, 0.15) is 11.9 Å². The molecule has 1 rings (SSSR count). The van der Waals surface area contributed by atoms with Gasteiger partial charge in [-0.05, 0) is 47.0 Å². The van der Waals surface area contributed by atoms with Gasteiger partial charge in [-0.15, -0.1) is 0 Å². The van der Waals surface area contributed by atoms with Crippen LogP contribution in [-0.4, -0.2) is 35.0 Å². The van der Waals surface area contributed by atoms with Crippen molar-refractivity contribution < 1.29 is 14.3 Å². The summed E-state index contributed by atoms with van der Waals surface area (Å²) in [5.74, 6) is 0. The Bertz CT molecular complexity index is 296. The lowest BCUT2D eigenvalue weighted by Crippen LogP contribution is -2.54. The molecule has 17 heavy (non-hydrogen) atoms. The minimum absolute atomic E-state index is 0.304. The van der Waals surface area contributed by atoms with Crippen molar-refractivity contribution >= 4 is 12.4 Å². The summed E-state index contributed by atoms with van der Waals surface area (Å²) in [7, 11) is 0. The third-order valence-electron chi connectivity index (χ3n) is 3.14. The predicted octanol–water partition coefficient (Wildman–Crippen LogP) is 2.76. The molecule has 0 aromatic carbocycles. The SMILES string of the molecule is CC(C)(C)OC(=O)N1CCCCC1(C)CC=O. The van der Waals surface area contributed by atoms with Gasteiger partial charge in [-0.3, -0.25) is 0 Å². The molecule has 4 heteroatoms. The van der Waals surface area contributed by atoms with Gasteiger partial charge in [0.2, 0.25) is 0 Å². The molecular formula is C13H23NO3. The van der Waals surface area contributed by atoms with Crippen LogP contribution in [0.4, 0.5) is 4.79 Å². The summed E-state index contributed by atoms with van der Waals surface area (Å²) >= 11 is 0. The fourth-order valence-corrected chi connectivity index (χ4v) is 2.20. The van der Waals surface area contributed by atoms with Gasteiger partial charge in [-0.2, -0.15) is 0 Å². The molecule has 1 amide bonds. The molecule has 1 unspecified atom stereocenters. The Balaban J connectivity index is 2.77. The highest BCUT2D eigenvalue weighted by atomic mass is 16.6. The number of piperidine rings is 1. The fourth-order valence-electron chi connectivity index (χ4n) is 2.20. The number of ether oxygens (including phenoxy) is 1. The van der Waals surface area contributed by atoms with E-state index in [1.807, 2.05) is 27.7 Å². The molecule has 1 heterocycles. The lowest BCUT2D eigenvalue weighted by atomic mass is 9.86. The van der Waals surface area contributed by atoms with Gasteiger partial charge in [0.15, 0.2) is 0 Å². The van der Waals surface area contributed by atoms with Crippen LogP contribution in [-0.2, 0) is 9.53 Å². The van der Waals surface area contributed by atoms with E-state index in [2.05, 4.69) is 0 Å². The van der Waals surface area contributed by atoms with Crippen molar-refractivity contribution in [2.75, 3.05) is 6.54 Å². The Morgan fingerprint density at radius 2 is 2.06 bits per heavy atom. The summed E-state index contributed by atoms with van der Waals surface area (Å²) in [6.45, 7) is 8.20. The van der Waals surface area contributed by atoms with Crippen LogP contribution in [0.3, 0.4) is 0 Å². The van der Waals surface area contributed by atoms with Crippen molar-refractivity contribution in [3.8, 4) is 0 Å². The zero-order valence-corrected chi connectivity index (χ0v) is 11.3. The van der Waals surface area contributed by atoms with E-state index < -0.39 is 5.60 Å². The van der Waals surface area contributed by atoms with Gasteiger partial charge >= 0.3 is 6.09 Å². The first-order chi connectivity index (χ1) is 7.78. The third-order valence-corrected chi connectivity index (χ3v) is 3.14. The number of rotatable bonds is 2. The Morgan fingerprint density at radius 3 is 2.59 bits per heavy atom. The Labute approximate surface area is 103 Å². The van der Waals surface area contributed by atoms with Gasteiger partial charge in [-0.1, -0.05) is 0 Å². The average molecular weight is 241 g/mol. The normalized spacial score (nSPS) is 25.5. The van der Waals surface area contributed by atoms with Gasteiger partial charge in [0, 0.05) is 13.0 Å². The molecular weight excluding hydrogens is 218 g/mol. The maximum Gasteiger partial charge on any atom is 0.410 e. The monoisotopic (exact) mass is 241 g/mol. The van der Waals surface area contributed by atoms with Gasteiger partial charge < -0.3 is 14.4 Å². The van der Waals surface area contributed by atoms with Gasteiger partial charge in [0.05, 0.1) is 5.54 Å². The van der Waals surface area contributed by atoms with Crippen LogP contribution in [0.5, 0.6) is 0 Å². The molecule has 0 radical (unpaired) electrons. The molecule has 0 aromatic heterocycles. The zero-order valence-electron chi connectivity index (χ0n) is 11.3. The summed E-state index contributed by atoms with van der Waals surface area (Å²) in [6, 6.07) is 0. The van der Waals surface area contributed by atoms with Crippen LogP contribution in [0.25, 0.3) is 0 Å². The van der Waals surface area contributed by atoms with Crippen LogP contribution < -0.4 is 0 Å². The minimum Gasteiger partial charge on any atom is -0.444 e. The molecule has 4 nitrogen and oxygen atoms in total. The number of carbonyl (C=O) groups excluding carboxylic acids is 2. The molecule has 1 saturated heterocycles. The fraction of sp³-hybridized carbons (Fsp3) is 0.846. The molecule has 1 fully saturated rings. The van der Waals surface area contributed by atoms with E-state index in [-0.39, 0.29) is 11.6 Å². The molecule has 1 aliphatic rings. The van der Waals surface area contributed by atoms with Crippen LogP contribution >= 0.6 is 0 Å². The standard InChI is InChI=1S/C13H23NO3/c1-12(2,3)17-11(16)14-9-6-5-7-13(14,4)8-10-15/h10H,5-9H2,1-4H3. The van der Waals surface area contributed by atoms with Crippen LogP contribution in [0, 0.1) is 0 Å². The highest BCUT2D eigenvalue weighted by molar-refractivity contribution is 5.70. The average Bonchev–Trinajstić information content (AvgIpc) is 2.15. The summed E-state index contributed by atoms with van der Waals surface area (Å²) in [4.78, 5) is 24.6. The van der Waals surface area contributed by atoms with E-state index in [9.17, 15) is 9.59 Å². The second-order valence-electron chi connectivity index (χ2n) is 5.96. The highest BCUT2D eigenvalue weighted by Gasteiger charge is 2.39. The maximum atomic E-state index is 12.1. The van der Waals surface area contributed by atoms with Crippen molar-refractivity contribution in [1.29, 1.82) is 0 Å². The summed E-state index contributed by atoms with van der Waals surface area (Å²) in [5.41, 5.74) is -0.862.